The van der Waals surface area contributed by atoms with Crippen molar-refractivity contribution in [2.75, 3.05) is 44.7 Å². The molecule has 29 heavy (non-hydrogen) atoms. The van der Waals surface area contributed by atoms with Crippen molar-refractivity contribution in [3.8, 4) is 0 Å². The van der Waals surface area contributed by atoms with Crippen LogP contribution < -0.4 is 0 Å². The minimum atomic E-state index is -2.96. The summed E-state index contributed by atoms with van der Waals surface area (Å²) in [6.45, 7) is 7.54. The van der Waals surface area contributed by atoms with E-state index < -0.39 is 9.84 Å². The smallest absolute Gasteiger partial charge is 0.253 e. The Kier molecular flexibility index (Phi) is 6.65. The van der Waals surface area contributed by atoms with Gasteiger partial charge in [0.05, 0.1) is 28.7 Å². The third kappa shape index (κ3) is 5.58. The largest absolute Gasteiger partial charge is 0.336 e. The molecule has 0 unspecified atom stereocenters. The van der Waals surface area contributed by atoms with Crippen LogP contribution >= 0.6 is 11.6 Å². The maximum Gasteiger partial charge on any atom is 0.253 e. The Hall–Kier alpha value is -1.90. The summed E-state index contributed by atoms with van der Waals surface area (Å²) in [5.41, 5.74) is 3.45. The average Bonchev–Trinajstić information content (AvgIpc) is 2.93. The first-order valence-corrected chi connectivity index (χ1v) is 12.1. The summed E-state index contributed by atoms with van der Waals surface area (Å²) in [4.78, 5) is 16.7. The molecule has 1 fully saturated rings. The van der Waals surface area contributed by atoms with Crippen LogP contribution in [-0.2, 0) is 16.4 Å². The van der Waals surface area contributed by atoms with Crippen molar-refractivity contribution in [3.63, 3.8) is 0 Å². The van der Waals surface area contributed by atoms with Gasteiger partial charge in [-0.05, 0) is 31.5 Å². The molecule has 0 saturated carbocycles. The molecule has 158 valence electrons. The fourth-order valence-electron chi connectivity index (χ4n) is 3.41. The SMILES string of the molecule is Cc1nn(Cc2ccc(C(=O)N3CCN(CCS(C)(=O)=O)CC3)cc2)c(C)c1Cl. The van der Waals surface area contributed by atoms with Crippen LogP contribution in [0.15, 0.2) is 24.3 Å². The Morgan fingerprint density at radius 1 is 1.10 bits per heavy atom. The summed E-state index contributed by atoms with van der Waals surface area (Å²) >= 11 is 6.20. The lowest BCUT2D eigenvalue weighted by atomic mass is 10.1. The number of hydrogen-bond donors (Lipinski definition) is 0. The molecule has 0 atom stereocenters. The number of piperazine rings is 1. The normalized spacial score (nSPS) is 15.7. The summed E-state index contributed by atoms with van der Waals surface area (Å²) in [7, 11) is -2.96. The van der Waals surface area contributed by atoms with Gasteiger partial charge in [-0.3, -0.25) is 14.4 Å². The molecule has 1 aromatic carbocycles. The van der Waals surface area contributed by atoms with Crippen LogP contribution in [0.25, 0.3) is 0 Å². The number of benzene rings is 1. The van der Waals surface area contributed by atoms with Crippen LogP contribution in [0.2, 0.25) is 5.02 Å². The topological polar surface area (TPSA) is 75.5 Å². The number of halogens is 1. The predicted molar refractivity (Wildman–Crippen MR) is 114 cm³/mol. The number of aromatic nitrogens is 2. The van der Waals surface area contributed by atoms with E-state index in [1.165, 1.54) is 6.26 Å². The molecule has 9 heteroatoms. The first-order valence-electron chi connectivity index (χ1n) is 9.62. The van der Waals surface area contributed by atoms with Gasteiger partial charge in [-0.2, -0.15) is 5.10 Å². The molecule has 1 aliphatic rings. The fourth-order valence-corrected chi connectivity index (χ4v) is 4.13. The van der Waals surface area contributed by atoms with Crippen molar-refractivity contribution in [2.24, 2.45) is 0 Å². The third-order valence-electron chi connectivity index (χ3n) is 5.26. The minimum Gasteiger partial charge on any atom is -0.336 e. The average molecular weight is 439 g/mol. The highest BCUT2D eigenvalue weighted by Gasteiger charge is 2.22. The number of carbonyl (C=O) groups excluding carboxylic acids is 1. The lowest BCUT2D eigenvalue weighted by Gasteiger charge is -2.34. The van der Waals surface area contributed by atoms with Crippen LogP contribution in [-0.4, -0.2) is 78.6 Å². The van der Waals surface area contributed by atoms with Crippen LogP contribution in [0.1, 0.15) is 27.3 Å². The Labute approximate surface area is 177 Å². The van der Waals surface area contributed by atoms with Gasteiger partial charge in [0.25, 0.3) is 5.91 Å². The van der Waals surface area contributed by atoms with Crippen LogP contribution in [0, 0.1) is 13.8 Å². The van der Waals surface area contributed by atoms with Crippen molar-refractivity contribution in [1.82, 2.24) is 19.6 Å². The quantitative estimate of drug-likeness (QED) is 0.689. The second kappa shape index (κ2) is 8.85. The summed E-state index contributed by atoms with van der Waals surface area (Å²) in [6, 6.07) is 7.59. The molecular weight excluding hydrogens is 412 g/mol. The molecule has 0 N–H and O–H groups in total. The van der Waals surface area contributed by atoms with Gasteiger partial charge < -0.3 is 4.90 Å². The van der Waals surface area contributed by atoms with Gasteiger partial charge in [0.1, 0.15) is 9.84 Å². The van der Waals surface area contributed by atoms with Crippen molar-refractivity contribution < 1.29 is 13.2 Å². The number of rotatable bonds is 6. The van der Waals surface area contributed by atoms with Crippen molar-refractivity contribution in [2.45, 2.75) is 20.4 Å². The van der Waals surface area contributed by atoms with Crippen molar-refractivity contribution in [3.05, 3.63) is 51.8 Å². The monoisotopic (exact) mass is 438 g/mol. The van der Waals surface area contributed by atoms with Gasteiger partial charge in [-0.25, -0.2) is 8.42 Å². The summed E-state index contributed by atoms with van der Waals surface area (Å²) in [6.07, 6.45) is 1.25. The highest BCUT2D eigenvalue weighted by Crippen LogP contribution is 2.20. The lowest BCUT2D eigenvalue weighted by Crippen LogP contribution is -2.49. The highest BCUT2D eigenvalue weighted by molar-refractivity contribution is 7.90. The van der Waals surface area contributed by atoms with Crippen molar-refractivity contribution >= 4 is 27.3 Å². The van der Waals surface area contributed by atoms with E-state index in [0.717, 1.165) is 17.0 Å². The first kappa shape index (κ1) is 21.8. The summed E-state index contributed by atoms with van der Waals surface area (Å²) in [5.74, 6) is 0.163. The van der Waals surface area contributed by atoms with Gasteiger partial charge in [-0.1, -0.05) is 23.7 Å². The zero-order valence-electron chi connectivity index (χ0n) is 17.1. The molecule has 3 rings (SSSR count). The van der Waals surface area contributed by atoms with Gasteiger partial charge in [-0.15, -0.1) is 0 Å². The van der Waals surface area contributed by atoms with Gasteiger partial charge in [0.15, 0.2) is 0 Å². The Bertz CT molecular complexity index is 978. The number of hydrogen-bond acceptors (Lipinski definition) is 5. The Morgan fingerprint density at radius 2 is 1.72 bits per heavy atom. The Balaban J connectivity index is 1.56. The number of amides is 1. The summed E-state index contributed by atoms with van der Waals surface area (Å²) in [5, 5.41) is 5.13. The molecule has 1 amide bonds. The Morgan fingerprint density at radius 3 is 2.24 bits per heavy atom. The van der Waals surface area contributed by atoms with Gasteiger partial charge >= 0.3 is 0 Å². The second-order valence-corrected chi connectivity index (χ2v) is 10.2. The zero-order chi connectivity index (χ0) is 21.2. The van der Waals surface area contributed by atoms with Gasteiger partial charge in [0, 0.05) is 44.5 Å². The molecule has 7 nitrogen and oxygen atoms in total. The van der Waals surface area contributed by atoms with E-state index in [2.05, 4.69) is 10.00 Å². The molecule has 0 radical (unpaired) electrons. The van der Waals surface area contributed by atoms with E-state index in [-0.39, 0.29) is 11.7 Å². The van der Waals surface area contributed by atoms with Crippen LogP contribution in [0.5, 0.6) is 0 Å². The van der Waals surface area contributed by atoms with E-state index >= 15 is 0 Å². The number of carbonyl (C=O) groups is 1. The van der Waals surface area contributed by atoms with Crippen LogP contribution in [0.4, 0.5) is 0 Å². The standard InChI is InChI=1S/C20H27ClN4O3S/c1-15-19(21)16(2)25(22-15)14-17-4-6-18(7-5-17)20(26)24-10-8-23(9-11-24)12-13-29(3,27)28/h4-7H,8-14H2,1-3H3. The van der Waals surface area contributed by atoms with Crippen molar-refractivity contribution in [1.29, 1.82) is 0 Å². The number of sulfone groups is 1. The molecule has 0 aliphatic carbocycles. The van der Waals surface area contributed by atoms with E-state index in [1.807, 2.05) is 47.7 Å². The van der Waals surface area contributed by atoms with Gasteiger partial charge in [0.2, 0.25) is 0 Å². The second-order valence-electron chi connectivity index (χ2n) is 7.60. The highest BCUT2D eigenvalue weighted by atomic mass is 35.5. The molecule has 2 aromatic rings. The predicted octanol–water partition coefficient (Wildman–Crippen LogP) is 2.00. The summed E-state index contributed by atoms with van der Waals surface area (Å²) < 4.78 is 24.5. The number of nitrogens with zero attached hydrogens (tertiary/aromatic N) is 4. The molecule has 1 aliphatic heterocycles. The van der Waals surface area contributed by atoms with E-state index in [1.54, 1.807) is 0 Å². The lowest BCUT2D eigenvalue weighted by molar-refractivity contribution is 0.0644. The van der Waals surface area contributed by atoms with Crippen LogP contribution in [0.3, 0.4) is 0 Å². The van der Waals surface area contributed by atoms with E-state index in [0.29, 0.717) is 49.9 Å². The molecule has 2 heterocycles. The maximum atomic E-state index is 12.8. The minimum absolute atomic E-state index is 0.00784. The molecule has 1 saturated heterocycles. The molecular formula is C20H27ClN4O3S. The molecule has 0 spiro atoms. The molecule has 0 bridgehead atoms. The van der Waals surface area contributed by atoms with E-state index in [4.69, 9.17) is 11.6 Å². The zero-order valence-corrected chi connectivity index (χ0v) is 18.6. The third-order valence-corrected chi connectivity index (χ3v) is 6.74. The number of aryl methyl sites for hydroxylation is 1. The van der Waals surface area contributed by atoms with E-state index in [9.17, 15) is 13.2 Å². The maximum absolute atomic E-state index is 12.8. The molecule has 1 aromatic heterocycles. The first-order chi connectivity index (χ1) is 13.6. The fraction of sp³-hybridized carbons (Fsp3) is 0.500.